The lowest BCUT2D eigenvalue weighted by Crippen LogP contribution is -2.13. The van der Waals surface area contributed by atoms with Crippen LogP contribution in [0.25, 0.3) is 0 Å². The summed E-state index contributed by atoms with van der Waals surface area (Å²) in [6.07, 6.45) is 4.18. The van der Waals surface area contributed by atoms with E-state index >= 15 is 0 Å². The molecule has 1 aromatic heterocycles. The lowest BCUT2D eigenvalue weighted by molar-refractivity contribution is 0.614. The Morgan fingerprint density at radius 3 is 2.94 bits per heavy atom. The number of hydrogen-bond acceptors (Lipinski definition) is 2. The molecule has 1 aromatic carbocycles. The molecule has 17 heavy (non-hydrogen) atoms. The molecule has 0 fully saturated rings. The summed E-state index contributed by atoms with van der Waals surface area (Å²) >= 11 is 3.24. The molecule has 1 heterocycles. The number of nitrogens with zero attached hydrogens (tertiary/aromatic N) is 2. The van der Waals surface area contributed by atoms with Gasteiger partial charge >= 0.3 is 0 Å². The SMILES string of the molecule is Cn1cc(C(N)Cc2cccc(F)c2Br)cn1. The Bertz CT molecular complexity index is 524. The van der Waals surface area contributed by atoms with E-state index in [0.717, 1.165) is 11.1 Å². The highest BCUT2D eigenvalue weighted by Gasteiger charge is 2.12. The van der Waals surface area contributed by atoms with E-state index in [-0.39, 0.29) is 11.9 Å². The predicted molar refractivity (Wildman–Crippen MR) is 67.9 cm³/mol. The summed E-state index contributed by atoms with van der Waals surface area (Å²) < 4.78 is 15.5. The summed E-state index contributed by atoms with van der Waals surface area (Å²) in [6, 6.07) is 4.79. The van der Waals surface area contributed by atoms with Gasteiger partial charge in [0, 0.05) is 24.8 Å². The zero-order chi connectivity index (χ0) is 12.4. The molecule has 0 saturated carbocycles. The van der Waals surface area contributed by atoms with Crippen molar-refractivity contribution in [2.45, 2.75) is 12.5 Å². The van der Waals surface area contributed by atoms with Crippen LogP contribution in [0.2, 0.25) is 0 Å². The van der Waals surface area contributed by atoms with Crippen molar-refractivity contribution in [2.75, 3.05) is 0 Å². The second-order valence-corrected chi connectivity index (χ2v) is 4.76. The smallest absolute Gasteiger partial charge is 0.137 e. The second-order valence-electron chi connectivity index (χ2n) is 3.97. The zero-order valence-corrected chi connectivity index (χ0v) is 11.0. The Kier molecular flexibility index (Phi) is 3.59. The highest BCUT2D eigenvalue weighted by molar-refractivity contribution is 9.10. The number of benzene rings is 1. The van der Waals surface area contributed by atoms with Gasteiger partial charge in [0.05, 0.1) is 10.7 Å². The van der Waals surface area contributed by atoms with E-state index in [0.29, 0.717) is 10.9 Å². The van der Waals surface area contributed by atoms with Gasteiger partial charge in [-0.1, -0.05) is 12.1 Å². The molecule has 2 N–H and O–H groups in total. The Balaban J connectivity index is 2.18. The molecule has 2 aromatic rings. The van der Waals surface area contributed by atoms with Gasteiger partial charge in [-0.3, -0.25) is 4.68 Å². The van der Waals surface area contributed by atoms with Crippen molar-refractivity contribution in [3.8, 4) is 0 Å². The van der Waals surface area contributed by atoms with Crippen LogP contribution >= 0.6 is 15.9 Å². The van der Waals surface area contributed by atoms with Crippen molar-refractivity contribution in [1.82, 2.24) is 9.78 Å². The average molecular weight is 298 g/mol. The molecule has 0 bridgehead atoms. The van der Waals surface area contributed by atoms with Crippen molar-refractivity contribution in [1.29, 1.82) is 0 Å². The molecule has 1 unspecified atom stereocenters. The summed E-state index contributed by atoms with van der Waals surface area (Å²) in [5, 5.41) is 4.07. The van der Waals surface area contributed by atoms with Gasteiger partial charge < -0.3 is 5.73 Å². The molecule has 0 aliphatic rings. The first-order valence-corrected chi connectivity index (χ1v) is 6.04. The summed E-state index contributed by atoms with van der Waals surface area (Å²) in [5.41, 5.74) is 7.87. The Morgan fingerprint density at radius 1 is 1.53 bits per heavy atom. The van der Waals surface area contributed by atoms with E-state index in [1.165, 1.54) is 6.07 Å². The normalized spacial score (nSPS) is 12.7. The standard InChI is InChI=1S/C12H13BrFN3/c1-17-7-9(6-16-17)11(15)5-8-3-2-4-10(14)12(8)13/h2-4,6-7,11H,5,15H2,1H3. The van der Waals surface area contributed by atoms with E-state index in [2.05, 4.69) is 21.0 Å². The predicted octanol–water partition coefficient (Wildman–Crippen LogP) is 2.56. The van der Waals surface area contributed by atoms with Crippen molar-refractivity contribution in [3.05, 3.63) is 52.0 Å². The number of nitrogens with two attached hydrogens (primary N) is 1. The maximum Gasteiger partial charge on any atom is 0.137 e. The lowest BCUT2D eigenvalue weighted by atomic mass is 10.0. The maximum absolute atomic E-state index is 13.3. The first kappa shape index (κ1) is 12.3. The first-order valence-electron chi connectivity index (χ1n) is 5.25. The molecule has 5 heteroatoms. The molecule has 0 saturated heterocycles. The fourth-order valence-electron chi connectivity index (χ4n) is 1.69. The topological polar surface area (TPSA) is 43.8 Å². The van der Waals surface area contributed by atoms with E-state index in [1.807, 2.05) is 19.3 Å². The number of rotatable bonds is 3. The van der Waals surface area contributed by atoms with Gasteiger partial charge in [0.2, 0.25) is 0 Å². The summed E-state index contributed by atoms with van der Waals surface area (Å²) in [4.78, 5) is 0. The van der Waals surface area contributed by atoms with Crippen LogP contribution in [0.3, 0.4) is 0 Å². The van der Waals surface area contributed by atoms with Crippen molar-refractivity contribution in [2.24, 2.45) is 12.8 Å². The van der Waals surface area contributed by atoms with E-state index in [4.69, 9.17) is 5.73 Å². The first-order chi connectivity index (χ1) is 8.08. The zero-order valence-electron chi connectivity index (χ0n) is 9.40. The van der Waals surface area contributed by atoms with Gasteiger partial charge in [0.15, 0.2) is 0 Å². The average Bonchev–Trinajstić information content (AvgIpc) is 2.72. The van der Waals surface area contributed by atoms with Crippen molar-refractivity contribution < 1.29 is 4.39 Å². The van der Waals surface area contributed by atoms with Crippen LogP contribution < -0.4 is 5.73 Å². The molecule has 2 rings (SSSR count). The molecule has 90 valence electrons. The summed E-state index contributed by atoms with van der Waals surface area (Å²) in [6.45, 7) is 0. The van der Waals surface area contributed by atoms with Gasteiger partial charge in [-0.25, -0.2) is 4.39 Å². The highest BCUT2D eigenvalue weighted by atomic mass is 79.9. The Labute approximate surface area is 108 Å². The third kappa shape index (κ3) is 2.73. The van der Waals surface area contributed by atoms with Gasteiger partial charge in [0.1, 0.15) is 5.82 Å². The quantitative estimate of drug-likeness (QED) is 0.946. The third-order valence-electron chi connectivity index (χ3n) is 2.62. The van der Waals surface area contributed by atoms with E-state index < -0.39 is 0 Å². The number of hydrogen-bond donors (Lipinski definition) is 1. The van der Waals surface area contributed by atoms with Crippen LogP contribution in [-0.2, 0) is 13.5 Å². The Hall–Kier alpha value is -1.20. The minimum absolute atomic E-state index is 0.179. The minimum atomic E-state index is -0.263. The van der Waals surface area contributed by atoms with Crippen LogP contribution in [0.1, 0.15) is 17.2 Å². The van der Waals surface area contributed by atoms with Crippen molar-refractivity contribution in [3.63, 3.8) is 0 Å². The third-order valence-corrected chi connectivity index (χ3v) is 3.51. The van der Waals surface area contributed by atoms with Crippen LogP contribution in [0.4, 0.5) is 4.39 Å². The van der Waals surface area contributed by atoms with Crippen molar-refractivity contribution >= 4 is 15.9 Å². The largest absolute Gasteiger partial charge is 0.324 e. The number of aromatic nitrogens is 2. The van der Waals surface area contributed by atoms with Crippen LogP contribution in [-0.4, -0.2) is 9.78 Å². The molecule has 0 amide bonds. The fraction of sp³-hybridized carbons (Fsp3) is 0.250. The fourth-order valence-corrected chi connectivity index (χ4v) is 2.12. The molecule has 0 aliphatic carbocycles. The Morgan fingerprint density at radius 2 is 2.29 bits per heavy atom. The molecule has 0 spiro atoms. The second kappa shape index (κ2) is 4.98. The van der Waals surface area contributed by atoms with Gasteiger partial charge in [-0.2, -0.15) is 5.10 Å². The van der Waals surface area contributed by atoms with Crippen LogP contribution in [0.15, 0.2) is 35.1 Å². The van der Waals surface area contributed by atoms with Gasteiger partial charge in [-0.05, 0) is 34.0 Å². The molecule has 0 radical (unpaired) electrons. The molecule has 3 nitrogen and oxygen atoms in total. The minimum Gasteiger partial charge on any atom is -0.324 e. The van der Waals surface area contributed by atoms with Crippen LogP contribution in [0.5, 0.6) is 0 Å². The van der Waals surface area contributed by atoms with Gasteiger partial charge in [0.25, 0.3) is 0 Å². The highest BCUT2D eigenvalue weighted by Crippen LogP contribution is 2.24. The maximum atomic E-state index is 13.3. The van der Waals surface area contributed by atoms with E-state index in [9.17, 15) is 4.39 Å². The number of halogens is 2. The molecular formula is C12H13BrFN3. The summed E-state index contributed by atoms with van der Waals surface area (Å²) in [7, 11) is 1.84. The molecule has 1 atom stereocenters. The number of aryl methyl sites for hydroxylation is 1. The summed E-state index contributed by atoms with van der Waals surface area (Å²) in [5.74, 6) is -0.263. The van der Waals surface area contributed by atoms with Crippen LogP contribution in [0, 0.1) is 5.82 Å². The monoisotopic (exact) mass is 297 g/mol. The lowest BCUT2D eigenvalue weighted by Gasteiger charge is -2.11. The van der Waals surface area contributed by atoms with E-state index in [1.54, 1.807) is 16.9 Å². The molecule has 0 aliphatic heterocycles. The molecular weight excluding hydrogens is 285 g/mol. The van der Waals surface area contributed by atoms with Gasteiger partial charge in [-0.15, -0.1) is 0 Å².